The number of H-pyrrole nitrogens is 2. The van der Waals surface area contributed by atoms with Gasteiger partial charge in [0.25, 0.3) is 0 Å². The predicted molar refractivity (Wildman–Crippen MR) is 92.2 cm³/mol. The topological polar surface area (TPSA) is 82.3 Å². The minimum absolute atomic E-state index is 0.172. The maximum atomic E-state index is 6.08. The van der Waals surface area contributed by atoms with E-state index in [1.807, 2.05) is 24.4 Å². The molecule has 0 saturated carbocycles. The molecule has 6 nitrogen and oxygen atoms in total. The van der Waals surface area contributed by atoms with Gasteiger partial charge >= 0.3 is 0 Å². The maximum absolute atomic E-state index is 6.08. The van der Waals surface area contributed by atoms with Crippen LogP contribution in [0, 0.1) is 0 Å². The monoisotopic (exact) mass is 346 g/mol. The largest absolute Gasteiger partial charge is 0.368 e. The first-order valence-electron chi connectivity index (χ1n) is 7.07. The van der Waals surface area contributed by atoms with Crippen LogP contribution in [0.2, 0.25) is 10.3 Å². The van der Waals surface area contributed by atoms with E-state index < -0.39 is 0 Å². The highest BCUT2D eigenvalue weighted by molar-refractivity contribution is 6.31. The van der Waals surface area contributed by atoms with Gasteiger partial charge in [-0.2, -0.15) is 9.97 Å². The van der Waals surface area contributed by atoms with E-state index >= 15 is 0 Å². The highest BCUT2D eigenvalue weighted by Gasteiger charge is 2.09. The molecular formula is C15H12Cl2N6. The summed E-state index contributed by atoms with van der Waals surface area (Å²) in [5.74, 6) is 0.648. The van der Waals surface area contributed by atoms with Crippen molar-refractivity contribution in [2.75, 3.05) is 11.9 Å². The van der Waals surface area contributed by atoms with Crippen LogP contribution in [-0.4, -0.2) is 31.5 Å². The van der Waals surface area contributed by atoms with Crippen molar-refractivity contribution in [1.82, 2.24) is 24.9 Å². The molecule has 0 amide bonds. The molecule has 0 spiro atoms. The van der Waals surface area contributed by atoms with Gasteiger partial charge < -0.3 is 15.3 Å². The standard InChI is InChI=1S/C15H12Cl2N6/c16-9-1-2-11-10(5-9)8(6-19-11)3-4-18-13-12-14(21-7-20-12)23-15(17)22-13/h1-2,5-7,19H,3-4H2,(H2,18,20,21,22,23). The van der Waals surface area contributed by atoms with Crippen LogP contribution in [0.25, 0.3) is 22.1 Å². The Balaban J connectivity index is 1.54. The van der Waals surface area contributed by atoms with Gasteiger partial charge in [0.15, 0.2) is 11.5 Å². The third-order valence-electron chi connectivity index (χ3n) is 3.67. The Bertz CT molecular complexity index is 990. The molecule has 116 valence electrons. The zero-order chi connectivity index (χ0) is 15.8. The summed E-state index contributed by atoms with van der Waals surface area (Å²) in [7, 11) is 0. The lowest BCUT2D eigenvalue weighted by atomic mass is 10.1. The van der Waals surface area contributed by atoms with Gasteiger partial charge in [-0.25, -0.2) is 4.98 Å². The Kier molecular flexibility index (Phi) is 3.55. The van der Waals surface area contributed by atoms with Crippen molar-refractivity contribution in [2.45, 2.75) is 6.42 Å². The summed E-state index contributed by atoms with van der Waals surface area (Å²) in [6, 6.07) is 5.82. The summed E-state index contributed by atoms with van der Waals surface area (Å²) in [5, 5.41) is 5.31. The summed E-state index contributed by atoms with van der Waals surface area (Å²) in [6.07, 6.45) is 4.39. The first-order valence-corrected chi connectivity index (χ1v) is 7.82. The Morgan fingerprint density at radius 1 is 1.13 bits per heavy atom. The molecule has 3 aromatic heterocycles. The number of anilines is 1. The summed E-state index contributed by atoms with van der Waals surface area (Å²) in [4.78, 5) is 18.6. The molecule has 0 fully saturated rings. The molecule has 3 heterocycles. The van der Waals surface area contributed by atoms with E-state index in [4.69, 9.17) is 23.2 Å². The van der Waals surface area contributed by atoms with Crippen molar-refractivity contribution in [3.63, 3.8) is 0 Å². The van der Waals surface area contributed by atoms with Crippen LogP contribution in [-0.2, 0) is 6.42 Å². The fourth-order valence-electron chi connectivity index (χ4n) is 2.61. The molecule has 0 atom stereocenters. The number of hydrogen-bond acceptors (Lipinski definition) is 4. The second kappa shape index (κ2) is 5.72. The molecule has 0 unspecified atom stereocenters. The van der Waals surface area contributed by atoms with Crippen molar-refractivity contribution in [3.8, 4) is 0 Å². The molecule has 23 heavy (non-hydrogen) atoms. The second-order valence-electron chi connectivity index (χ2n) is 5.12. The van der Waals surface area contributed by atoms with Gasteiger partial charge in [-0.3, -0.25) is 0 Å². The molecule has 0 radical (unpaired) electrons. The van der Waals surface area contributed by atoms with Gasteiger partial charge in [-0.15, -0.1) is 0 Å². The van der Waals surface area contributed by atoms with Gasteiger partial charge in [0.1, 0.15) is 5.52 Å². The molecule has 4 rings (SSSR count). The molecule has 1 aromatic carbocycles. The maximum Gasteiger partial charge on any atom is 0.226 e. The molecule has 0 saturated heterocycles. The normalized spacial score (nSPS) is 11.4. The Hall–Kier alpha value is -2.31. The first-order chi connectivity index (χ1) is 11.2. The fourth-order valence-corrected chi connectivity index (χ4v) is 2.94. The number of aromatic nitrogens is 5. The van der Waals surface area contributed by atoms with E-state index in [1.54, 1.807) is 6.33 Å². The van der Waals surface area contributed by atoms with Crippen molar-refractivity contribution >= 4 is 51.1 Å². The molecule has 0 aliphatic rings. The molecule has 8 heteroatoms. The van der Waals surface area contributed by atoms with Gasteiger partial charge in [0.05, 0.1) is 6.33 Å². The molecule has 3 N–H and O–H groups in total. The van der Waals surface area contributed by atoms with Crippen LogP contribution in [0.15, 0.2) is 30.7 Å². The van der Waals surface area contributed by atoms with E-state index in [9.17, 15) is 0 Å². The fraction of sp³-hybridized carbons (Fsp3) is 0.133. The van der Waals surface area contributed by atoms with Gasteiger partial charge in [-0.05, 0) is 41.8 Å². The molecule has 0 bridgehead atoms. The Morgan fingerprint density at radius 3 is 2.96 bits per heavy atom. The Labute approximate surface area is 141 Å². The van der Waals surface area contributed by atoms with Gasteiger partial charge in [0, 0.05) is 28.7 Å². The minimum atomic E-state index is 0.172. The summed E-state index contributed by atoms with van der Waals surface area (Å²) >= 11 is 12.0. The summed E-state index contributed by atoms with van der Waals surface area (Å²) in [6.45, 7) is 0.695. The lowest BCUT2D eigenvalue weighted by Crippen LogP contribution is -2.07. The molecule has 0 aliphatic carbocycles. The van der Waals surface area contributed by atoms with Crippen LogP contribution in [0.5, 0.6) is 0 Å². The van der Waals surface area contributed by atoms with E-state index in [0.717, 1.165) is 27.9 Å². The third-order valence-corrected chi connectivity index (χ3v) is 4.08. The average molecular weight is 347 g/mol. The Morgan fingerprint density at radius 2 is 2.04 bits per heavy atom. The van der Waals surface area contributed by atoms with E-state index in [1.165, 1.54) is 5.56 Å². The molecule has 4 aromatic rings. The van der Waals surface area contributed by atoms with Gasteiger partial charge in [-0.1, -0.05) is 11.6 Å². The van der Waals surface area contributed by atoms with E-state index in [0.29, 0.717) is 18.0 Å². The number of halogens is 2. The highest BCUT2D eigenvalue weighted by atomic mass is 35.5. The van der Waals surface area contributed by atoms with Crippen molar-refractivity contribution in [1.29, 1.82) is 0 Å². The van der Waals surface area contributed by atoms with Crippen LogP contribution < -0.4 is 5.32 Å². The smallest absolute Gasteiger partial charge is 0.226 e. The highest BCUT2D eigenvalue weighted by Crippen LogP contribution is 2.23. The number of benzene rings is 1. The van der Waals surface area contributed by atoms with Gasteiger partial charge in [0.2, 0.25) is 5.28 Å². The van der Waals surface area contributed by atoms with Crippen LogP contribution in [0.1, 0.15) is 5.56 Å². The number of rotatable bonds is 4. The SMILES string of the molecule is Clc1ccc2[nH]cc(CCNc3nc(Cl)nc4nc[nH]c34)c2c1. The van der Waals surface area contributed by atoms with Crippen LogP contribution in [0.3, 0.4) is 0 Å². The average Bonchev–Trinajstić information content (AvgIpc) is 3.14. The number of nitrogens with zero attached hydrogens (tertiary/aromatic N) is 3. The van der Waals surface area contributed by atoms with Crippen molar-refractivity contribution in [2.24, 2.45) is 0 Å². The first kappa shape index (κ1) is 14.3. The zero-order valence-electron chi connectivity index (χ0n) is 11.9. The summed E-state index contributed by atoms with van der Waals surface area (Å²) in [5.41, 5.74) is 3.56. The number of nitrogens with one attached hydrogen (secondary N) is 3. The third kappa shape index (κ3) is 2.71. The molecular weight excluding hydrogens is 335 g/mol. The van der Waals surface area contributed by atoms with Crippen LogP contribution in [0.4, 0.5) is 5.82 Å². The van der Waals surface area contributed by atoms with E-state index in [2.05, 4.69) is 30.2 Å². The van der Waals surface area contributed by atoms with Crippen molar-refractivity contribution in [3.05, 3.63) is 46.6 Å². The number of imidazole rings is 1. The lowest BCUT2D eigenvalue weighted by Gasteiger charge is -2.06. The minimum Gasteiger partial charge on any atom is -0.368 e. The quantitative estimate of drug-likeness (QED) is 0.491. The van der Waals surface area contributed by atoms with Crippen LogP contribution >= 0.6 is 23.2 Å². The predicted octanol–water partition coefficient (Wildman–Crippen LogP) is 3.80. The summed E-state index contributed by atoms with van der Waals surface area (Å²) < 4.78 is 0. The number of fused-ring (bicyclic) bond motifs is 2. The zero-order valence-corrected chi connectivity index (χ0v) is 13.4. The molecule has 0 aliphatic heterocycles. The second-order valence-corrected chi connectivity index (χ2v) is 5.90. The lowest BCUT2D eigenvalue weighted by molar-refractivity contribution is 1.01. The number of hydrogen-bond donors (Lipinski definition) is 3. The number of aromatic amines is 2. The van der Waals surface area contributed by atoms with E-state index in [-0.39, 0.29) is 5.28 Å². The van der Waals surface area contributed by atoms with Crippen molar-refractivity contribution < 1.29 is 0 Å².